The number of ether oxygens (including phenoxy) is 1. The molecule has 0 aliphatic carbocycles. The second-order valence-electron chi connectivity index (χ2n) is 4.69. The molecule has 110 valence electrons. The summed E-state index contributed by atoms with van der Waals surface area (Å²) in [7, 11) is 1.57. The Bertz CT molecular complexity index is 750. The zero-order valence-corrected chi connectivity index (χ0v) is 12.1. The summed E-state index contributed by atoms with van der Waals surface area (Å²) in [4.78, 5) is 27.4. The lowest BCUT2D eigenvalue weighted by atomic mass is 10.1. The van der Waals surface area contributed by atoms with Crippen LogP contribution < -0.4 is 10.3 Å². The highest BCUT2D eigenvalue weighted by Gasteiger charge is 2.15. The molecule has 1 N–H and O–H groups in total. The molecule has 0 atom stereocenters. The molecule has 0 unspecified atom stereocenters. The van der Waals surface area contributed by atoms with E-state index in [9.17, 15) is 14.7 Å². The smallest absolute Gasteiger partial charge is 0.352 e. The molecule has 0 radical (unpaired) electrons. The van der Waals surface area contributed by atoms with Gasteiger partial charge in [0.2, 0.25) is 0 Å². The van der Waals surface area contributed by atoms with E-state index < -0.39 is 5.97 Å². The molecule has 0 aliphatic heterocycles. The molecular weight excluding hydrogens is 272 g/mol. The van der Waals surface area contributed by atoms with Crippen LogP contribution in [0.1, 0.15) is 27.3 Å². The fraction of sp³-hybridized carbons (Fsp3) is 0.267. The third-order valence-electron chi connectivity index (χ3n) is 3.33. The highest BCUT2D eigenvalue weighted by Crippen LogP contribution is 2.24. The van der Waals surface area contributed by atoms with Gasteiger partial charge in [0.05, 0.1) is 19.3 Å². The van der Waals surface area contributed by atoms with Gasteiger partial charge in [-0.2, -0.15) is 0 Å². The lowest BCUT2D eigenvalue weighted by Crippen LogP contribution is -2.26. The zero-order chi connectivity index (χ0) is 15.6. The number of hydrogen-bond acceptors (Lipinski definition) is 4. The summed E-state index contributed by atoms with van der Waals surface area (Å²) in [6.07, 6.45) is 1.65. The van der Waals surface area contributed by atoms with Gasteiger partial charge in [-0.25, -0.2) is 4.79 Å². The molecule has 6 nitrogen and oxygen atoms in total. The number of methoxy groups -OCH3 is 1. The quantitative estimate of drug-likeness (QED) is 0.924. The molecule has 21 heavy (non-hydrogen) atoms. The van der Waals surface area contributed by atoms with Gasteiger partial charge >= 0.3 is 5.97 Å². The number of aromatic nitrogens is 2. The van der Waals surface area contributed by atoms with Crippen molar-refractivity contribution in [2.24, 2.45) is 0 Å². The molecule has 2 heterocycles. The number of pyridine rings is 2. The van der Waals surface area contributed by atoms with Crippen LogP contribution in [0.25, 0.3) is 0 Å². The number of carboxylic acids is 1. The molecule has 0 amide bonds. The van der Waals surface area contributed by atoms with Gasteiger partial charge in [-0.15, -0.1) is 0 Å². The first-order chi connectivity index (χ1) is 9.95. The maximum absolute atomic E-state index is 11.9. The normalized spacial score (nSPS) is 10.4. The van der Waals surface area contributed by atoms with Gasteiger partial charge < -0.3 is 9.84 Å². The van der Waals surface area contributed by atoms with Crippen LogP contribution in [-0.4, -0.2) is 27.7 Å². The van der Waals surface area contributed by atoms with E-state index >= 15 is 0 Å². The predicted octanol–water partition coefficient (Wildman–Crippen LogP) is 1.62. The standard InChI is InChI=1S/C15H16N2O4/c1-9-7-16-11(10(2)14(9)21-3)8-17-12(15(19)20)5-4-6-13(17)18/h4-7H,8H2,1-3H3,(H,19,20). The van der Waals surface area contributed by atoms with Gasteiger partial charge in [0.15, 0.2) is 0 Å². The first kappa shape index (κ1) is 14.8. The number of nitrogens with zero attached hydrogens (tertiary/aromatic N) is 2. The van der Waals surface area contributed by atoms with Gasteiger partial charge in [-0.3, -0.25) is 14.3 Å². The summed E-state index contributed by atoms with van der Waals surface area (Å²) in [6.45, 7) is 3.80. The van der Waals surface area contributed by atoms with Gasteiger partial charge in [0.1, 0.15) is 11.4 Å². The molecule has 0 aliphatic rings. The Morgan fingerprint density at radius 2 is 2.10 bits per heavy atom. The van der Waals surface area contributed by atoms with Crippen molar-refractivity contribution in [3.63, 3.8) is 0 Å². The lowest BCUT2D eigenvalue weighted by molar-refractivity contribution is 0.0684. The van der Waals surface area contributed by atoms with Gasteiger partial charge in [0, 0.05) is 23.4 Å². The van der Waals surface area contributed by atoms with Crippen LogP contribution in [0.5, 0.6) is 5.75 Å². The van der Waals surface area contributed by atoms with Gasteiger partial charge in [-0.05, 0) is 19.9 Å². The Labute approximate surface area is 121 Å². The van der Waals surface area contributed by atoms with Crippen molar-refractivity contribution >= 4 is 5.97 Å². The van der Waals surface area contributed by atoms with E-state index in [1.807, 2.05) is 13.8 Å². The number of aromatic carboxylic acids is 1. The van der Waals surface area contributed by atoms with E-state index in [4.69, 9.17) is 4.74 Å². The fourth-order valence-corrected chi connectivity index (χ4v) is 2.25. The number of rotatable bonds is 4. The molecule has 0 spiro atoms. The summed E-state index contributed by atoms with van der Waals surface area (Å²) in [5.41, 5.74) is 1.84. The van der Waals surface area contributed by atoms with Crippen molar-refractivity contribution < 1.29 is 14.6 Å². The SMILES string of the molecule is COc1c(C)cnc(Cn2c(C(=O)O)cccc2=O)c1C. The van der Waals surface area contributed by atoms with Crippen molar-refractivity contribution in [2.45, 2.75) is 20.4 Å². The van der Waals surface area contributed by atoms with Crippen LogP contribution in [0.4, 0.5) is 0 Å². The Morgan fingerprint density at radius 3 is 2.71 bits per heavy atom. The molecule has 0 saturated carbocycles. The predicted molar refractivity (Wildman–Crippen MR) is 77.0 cm³/mol. The van der Waals surface area contributed by atoms with E-state index in [0.717, 1.165) is 11.1 Å². The van der Waals surface area contributed by atoms with E-state index in [1.165, 1.54) is 22.8 Å². The van der Waals surface area contributed by atoms with Gasteiger partial charge in [-0.1, -0.05) is 6.07 Å². The number of carbonyl (C=O) groups is 1. The third-order valence-corrected chi connectivity index (χ3v) is 3.33. The van der Waals surface area contributed by atoms with Crippen molar-refractivity contribution in [2.75, 3.05) is 7.11 Å². The average molecular weight is 288 g/mol. The first-order valence-corrected chi connectivity index (χ1v) is 6.38. The second kappa shape index (κ2) is 5.78. The topological polar surface area (TPSA) is 81.4 Å². The van der Waals surface area contributed by atoms with E-state index in [2.05, 4.69) is 4.98 Å². The Balaban J connectivity index is 2.54. The maximum Gasteiger partial charge on any atom is 0.352 e. The van der Waals surface area contributed by atoms with Crippen molar-refractivity contribution in [1.82, 2.24) is 9.55 Å². The van der Waals surface area contributed by atoms with E-state index in [0.29, 0.717) is 11.4 Å². The van der Waals surface area contributed by atoms with Crippen LogP contribution >= 0.6 is 0 Å². The molecule has 6 heteroatoms. The summed E-state index contributed by atoms with van der Waals surface area (Å²) in [6, 6.07) is 4.15. The van der Waals surface area contributed by atoms with Crippen molar-refractivity contribution in [3.8, 4) is 5.75 Å². The molecule has 0 fully saturated rings. The van der Waals surface area contributed by atoms with Crippen LogP contribution in [-0.2, 0) is 6.54 Å². The van der Waals surface area contributed by atoms with Crippen LogP contribution in [0, 0.1) is 13.8 Å². The molecule has 2 aromatic rings. The molecule has 2 aromatic heterocycles. The Hall–Kier alpha value is -2.63. The van der Waals surface area contributed by atoms with E-state index in [-0.39, 0.29) is 17.8 Å². The van der Waals surface area contributed by atoms with Crippen molar-refractivity contribution in [1.29, 1.82) is 0 Å². The largest absolute Gasteiger partial charge is 0.496 e. The Kier molecular flexibility index (Phi) is 4.07. The minimum atomic E-state index is -1.15. The van der Waals surface area contributed by atoms with Crippen LogP contribution in [0.15, 0.2) is 29.2 Å². The monoisotopic (exact) mass is 288 g/mol. The molecule has 0 aromatic carbocycles. The van der Waals surface area contributed by atoms with Gasteiger partial charge in [0.25, 0.3) is 5.56 Å². The van der Waals surface area contributed by atoms with Crippen molar-refractivity contribution in [3.05, 3.63) is 57.3 Å². The molecular formula is C15H16N2O4. The number of aryl methyl sites for hydroxylation is 1. The summed E-state index contributed by atoms with van der Waals surface area (Å²) in [5.74, 6) is -0.453. The molecule has 0 bridgehead atoms. The summed E-state index contributed by atoms with van der Waals surface area (Å²) in [5, 5.41) is 9.18. The summed E-state index contributed by atoms with van der Waals surface area (Å²) < 4.78 is 6.51. The lowest BCUT2D eigenvalue weighted by Gasteiger charge is -2.14. The van der Waals surface area contributed by atoms with Crippen LogP contribution in [0.2, 0.25) is 0 Å². The van der Waals surface area contributed by atoms with E-state index in [1.54, 1.807) is 13.3 Å². The fourth-order valence-electron chi connectivity index (χ4n) is 2.25. The molecule has 2 rings (SSSR count). The minimum Gasteiger partial charge on any atom is -0.496 e. The highest BCUT2D eigenvalue weighted by atomic mass is 16.5. The maximum atomic E-state index is 11.9. The second-order valence-corrected chi connectivity index (χ2v) is 4.69. The zero-order valence-electron chi connectivity index (χ0n) is 12.1. The third kappa shape index (κ3) is 2.79. The minimum absolute atomic E-state index is 0.0664. The average Bonchev–Trinajstić information content (AvgIpc) is 2.44. The number of carboxylic acid groups (broad SMARTS) is 1. The van der Waals surface area contributed by atoms with Crippen LogP contribution in [0.3, 0.4) is 0 Å². The molecule has 0 saturated heterocycles. The number of hydrogen-bond donors (Lipinski definition) is 1. The summed E-state index contributed by atoms with van der Waals surface area (Å²) >= 11 is 0. The highest BCUT2D eigenvalue weighted by molar-refractivity contribution is 5.85. The first-order valence-electron chi connectivity index (χ1n) is 6.38. The Morgan fingerprint density at radius 1 is 1.38 bits per heavy atom.